The first-order chi connectivity index (χ1) is 69.8. The predicted molar refractivity (Wildman–Crippen MR) is 567 cm³/mol. The number of aromatic nitrogens is 12. The standard InChI is InChI=1S/C28H27F3N4OS.C27H25F3N4O.C26H23F3N4O.2C20H30.2CH4/c1-18(2)27(3,22-8-5-19(6-9-22)21-13-23(16-32-14-21)36-17-37-4)25-11-7-20(15-33-25)24-10-12-26(35-34-24)28(29,30)31;1-17(2)26(3,21-8-5-18(6-9-21)20-13-22(35-4)16-31-14-20)24-11-7-19(15-32-24)23-10-12-25(34-33-23)27(28,29)30;1-16(2)25(3,20-7-4-17(5-8-20)19-12-21(34)15-30-13-19)23-10-6-18(14-31-23)22-9-11-24(33-32-22)26(27,28)29;2*1-13-2-15-3-14(1)8-19(7-13,9-15)20-10-16-4-17(11-20)6-18(5-16)12-20;;/h5-16,18H,17H2,1-4H3;5-17H,1-4H3;4-16,34H,1-3H3;2*13-18H,1-12H2;2*1H4. The summed E-state index contributed by atoms with van der Waals surface area (Å²) in [6, 6.07) is 48.0. The van der Waals surface area contributed by atoms with E-state index in [1.54, 1.807) is 228 Å². The van der Waals surface area contributed by atoms with Gasteiger partial charge in [-0.25, -0.2) is 0 Å². The van der Waals surface area contributed by atoms with Crippen LogP contribution in [0.1, 0.15) is 282 Å². The maximum Gasteiger partial charge on any atom is 0.435 e. The van der Waals surface area contributed by atoms with Crippen molar-refractivity contribution in [1.82, 2.24) is 60.5 Å². The summed E-state index contributed by atoms with van der Waals surface area (Å²) in [6.45, 7) is 19.2. The van der Waals surface area contributed by atoms with Crippen molar-refractivity contribution in [2.45, 2.75) is 266 Å². The van der Waals surface area contributed by atoms with E-state index in [0.717, 1.165) is 184 Å². The third kappa shape index (κ3) is 21.3. The zero-order valence-electron chi connectivity index (χ0n) is 85.6. The van der Waals surface area contributed by atoms with Crippen molar-refractivity contribution in [2.75, 3.05) is 19.3 Å². The van der Waals surface area contributed by atoms with Crippen LogP contribution in [0.5, 0.6) is 17.2 Å². The quantitative estimate of drug-likeness (QED) is 0.0527. The lowest BCUT2D eigenvalue weighted by Crippen LogP contribution is -2.60. The average molecular weight is 2040 g/mol. The summed E-state index contributed by atoms with van der Waals surface area (Å²) in [4.78, 5) is 26.6. The molecule has 25 heteroatoms. The zero-order chi connectivity index (χ0) is 102. The average Bonchev–Trinajstić information content (AvgIpc) is 0.694. The van der Waals surface area contributed by atoms with Crippen LogP contribution in [0.2, 0.25) is 0 Å². The van der Waals surface area contributed by atoms with Gasteiger partial charge in [0, 0.05) is 86.8 Å². The number of alkyl halides is 9. The Morgan fingerprint density at radius 2 is 0.534 bits per heavy atom. The maximum atomic E-state index is 12.8. The van der Waals surface area contributed by atoms with Crippen LogP contribution in [-0.4, -0.2) is 84.9 Å². The SMILES string of the molecule is C.C.C1C2CC3CC1CC(C14CC5CC(CC(C5)C1)C4)(C2)C3.C1C2CC3CC1CC(C14CC5CC(CC(C5)C1)C4)(C2)C3.CC(C)C(C)(c1ccc(-c2cncc(O)c2)cc1)c1ccc(-c2ccc(C(F)(F)F)nn2)cn1.COc1cncc(-c2ccc(C(C)(c3ccc(-c4ccc(C(F)(F)F)nn4)cn3)C(C)C)cc2)c1.CSCOc1cncc(-c2ccc(C(C)(c3ccc(-c4ccc(C(F)(F)F)nn4)cn3)C(C)C)cc2)c1. The molecule has 16 fully saturated rings. The lowest BCUT2D eigenvalue weighted by molar-refractivity contribution is -0.199. The first-order valence-corrected chi connectivity index (χ1v) is 54.3. The number of ether oxygens (including phenoxy) is 2. The Balaban J connectivity index is 0.000000123. The van der Waals surface area contributed by atoms with Gasteiger partial charge >= 0.3 is 18.5 Å². The summed E-state index contributed by atoms with van der Waals surface area (Å²) in [5.41, 5.74) is 13.5. The number of nitrogens with zero attached hydrogens (tertiary/aromatic N) is 12. The molecule has 16 aliphatic carbocycles. The molecule has 3 aromatic carbocycles. The molecule has 0 saturated heterocycles. The largest absolute Gasteiger partial charge is 0.506 e. The van der Waals surface area contributed by atoms with Crippen LogP contribution in [0.4, 0.5) is 39.5 Å². The summed E-state index contributed by atoms with van der Waals surface area (Å²) in [5, 5.41) is 30.8. The van der Waals surface area contributed by atoms with Crippen molar-refractivity contribution in [3.8, 4) is 84.4 Å². The normalized spacial score (nSPS) is 27.5. The molecule has 782 valence electrons. The Hall–Kier alpha value is -11.1. The summed E-state index contributed by atoms with van der Waals surface area (Å²) in [7, 11) is 1.61. The van der Waals surface area contributed by atoms with E-state index in [9.17, 15) is 44.6 Å². The first-order valence-electron chi connectivity index (χ1n) is 52.9. The Kier molecular flexibility index (Phi) is 30.5. The van der Waals surface area contributed by atoms with Crippen LogP contribution < -0.4 is 9.47 Å². The second-order valence-corrected chi connectivity index (χ2v) is 48.1. The number of benzene rings is 3. The lowest BCUT2D eigenvalue weighted by Gasteiger charge is -2.70. The predicted octanol–water partition coefficient (Wildman–Crippen LogP) is 32.3. The Labute approximate surface area is 871 Å². The van der Waals surface area contributed by atoms with Crippen LogP contribution in [0.3, 0.4) is 0 Å². The van der Waals surface area contributed by atoms with Gasteiger partial charge in [-0.05, 0) is 416 Å². The molecule has 16 aliphatic rings. The second kappa shape index (κ2) is 42.3. The van der Waals surface area contributed by atoms with E-state index in [-0.39, 0.29) is 38.4 Å². The van der Waals surface area contributed by atoms with Crippen LogP contribution >= 0.6 is 11.8 Å². The highest BCUT2D eigenvalue weighted by Gasteiger charge is 2.67. The van der Waals surface area contributed by atoms with E-state index in [2.05, 4.69) is 166 Å². The summed E-state index contributed by atoms with van der Waals surface area (Å²) >= 11 is 1.60. The smallest absolute Gasteiger partial charge is 0.435 e. The van der Waals surface area contributed by atoms with E-state index in [0.29, 0.717) is 45.5 Å². The van der Waals surface area contributed by atoms with Crippen LogP contribution in [-0.2, 0) is 34.8 Å². The first kappa shape index (κ1) is 107. The van der Waals surface area contributed by atoms with Crippen molar-refractivity contribution in [1.29, 1.82) is 0 Å². The monoisotopic (exact) mass is 2040 g/mol. The summed E-state index contributed by atoms with van der Waals surface area (Å²) in [5.74, 6) is 16.7. The molecule has 3 atom stereocenters. The lowest BCUT2D eigenvalue weighted by atomic mass is 9.35. The molecule has 28 rings (SSSR count). The third-order valence-electron chi connectivity index (χ3n) is 37.7. The van der Waals surface area contributed by atoms with Crippen molar-refractivity contribution in [3.63, 3.8) is 0 Å². The van der Waals surface area contributed by atoms with Gasteiger partial charge < -0.3 is 14.6 Å². The Morgan fingerprint density at radius 1 is 0.297 bits per heavy atom. The van der Waals surface area contributed by atoms with Crippen molar-refractivity contribution >= 4 is 11.8 Å². The fourth-order valence-electron chi connectivity index (χ4n) is 30.9. The van der Waals surface area contributed by atoms with Crippen LogP contribution in [0.15, 0.2) is 220 Å². The fourth-order valence-corrected chi connectivity index (χ4v) is 31.2. The van der Waals surface area contributed by atoms with E-state index in [1.807, 2.05) is 79.2 Å². The topological polar surface area (TPSA) is 193 Å². The number of pyridine rings is 6. The van der Waals surface area contributed by atoms with Gasteiger partial charge in [0.05, 0.1) is 59.9 Å². The fraction of sp³-hybridized carbons (Fsp3) is 0.512. The molecular formula is C123H143F9N12O3S. The number of hydrogen-bond acceptors (Lipinski definition) is 16. The highest BCUT2D eigenvalue weighted by atomic mass is 32.2. The molecule has 0 radical (unpaired) electrons. The minimum atomic E-state index is -4.53. The molecule has 15 nitrogen and oxygen atoms in total. The summed E-state index contributed by atoms with van der Waals surface area (Å²) in [6.07, 6.45) is 43.0. The van der Waals surface area contributed by atoms with Gasteiger partial charge in [-0.2, -0.15) is 39.5 Å². The van der Waals surface area contributed by atoms with Gasteiger partial charge in [0.25, 0.3) is 0 Å². The van der Waals surface area contributed by atoms with Crippen LogP contribution in [0, 0.1) is 110 Å². The van der Waals surface area contributed by atoms with E-state index < -0.39 is 51.9 Å². The van der Waals surface area contributed by atoms with E-state index in [4.69, 9.17) is 14.5 Å². The number of thioether (sulfide) groups is 1. The Bertz CT molecular complexity index is 6220. The highest BCUT2D eigenvalue weighted by molar-refractivity contribution is 7.98. The minimum absolute atomic E-state index is 0. The molecule has 0 amide bonds. The molecule has 148 heavy (non-hydrogen) atoms. The number of hydrogen-bond donors (Lipinski definition) is 1. The molecular weight excluding hydrogens is 1900 g/mol. The molecule has 9 heterocycles. The molecule has 1 N–H and O–H groups in total. The van der Waals surface area contributed by atoms with Gasteiger partial charge in [-0.15, -0.1) is 42.4 Å². The number of rotatable bonds is 21. The molecule has 16 bridgehead atoms. The number of methoxy groups -OCH3 is 1. The molecule has 0 spiro atoms. The number of aromatic hydroxyl groups is 1. The van der Waals surface area contributed by atoms with E-state index in [1.165, 1.54) is 24.4 Å². The maximum absolute atomic E-state index is 12.8. The number of halogens is 9. The molecule has 16 saturated carbocycles. The third-order valence-corrected chi connectivity index (χ3v) is 38.0. The molecule has 0 aliphatic heterocycles. The molecule has 9 aromatic heterocycles. The zero-order valence-corrected chi connectivity index (χ0v) is 86.4. The molecule has 12 aromatic rings. The second-order valence-electron chi connectivity index (χ2n) is 47.3. The van der Waals surface area contributed by atoms with Crippen molar-refractivity contribution in [3.05, 3.63) is 270 Å². The van der Waals surface area contributed by atoms with Crippen molar-refractivity contribution < 1.29 is 54.1 Å². The van der Waals surface area contributed by atoms with Gasteiger partial charge in [0.15, 0.2) is 17.1 Å². The van der Waals surface area contributed by atoms with Gasteiger partial charge in [-0.1, -0.05) is 129 Å². The van der Waals surface area contributed by atoms with E-state index >= 15 is 0 Å². The highest BCUT2D eigenvalue weighted by Crippen LogP contribution is 2.77. The van der Waals surface area contributed by atoms with Gasteiger partial charge in [-0.3, -0.25) is 29.9 Å². The summed E-state index contributed by atoms with van der Waals surface area (Å²) < 4.78 is 126. The van der Waals surface area contributed by atoms with Gasteiger partial charge in [0.2, 0.25) is 0 Å². The van der Waals surface area contributed by atoms with Crippen molar-refractivity contribution in [2.24, 2.45) is 110 Å². The molecule has 3 unspecified atom stereocenters. The minimum Gasteiger partial charge on any atom is -0.506 e. The van der Waals surface area contributed by atoms with Gasteiger partial charge in [0.1, 0.15) is 23.2 Å². The van der Waals surface area contributed by atoms with Crippen LogP contribution in [0.25, 0.3) is 67.2 Å². The Morgan fingerprint density at radius 3 is 0.750 bits per heavy atom.